The second-order valence-corrected chi connectivity index (χ2v) is 10.6. The van der Waals surface area contributed by atoms with E-state index in [0.717, 1.165) is 16.4 Å². The van der Waals surface area contributed by atoms with Crippen LogP contribution in [0.25, 0.3) is 0 Å². The summed E-state index contributed by atoms with van der Waals surface area (Å²) in [7, 11) is -1.53. The molecule has 202 valence electrons. The number of rotatable bonds is 11. The maximum Gasteiger partial charge on any atom is 0.264 e. The van der Waals surface area contributed by atoms with Gasteiger partial charge in [-0.25, -0.2) is 12.8 Å². The van der Waals surface area contributed by atoms with E-state index in [0.29, 0.717) is 12.3 Å². The van der Waals surface area contributed by atoms with E-state index in [-0.39, 0.29) is 39.4 Å². The lowest BCUT2D eigenvalue weighted by molar-refractivity contribution is -0.114. The standard InChI is InChI=1S/C27H30FN3O6S/c1-18(2)16-29-27(33)22-7-5-6-8-23(22)30-26(32)17-31(20-11-9-19(28)10-12-20)38(34,35)21-13-14-24(36-3)25(15-21)37-4/h5-15,18H,16-17H2,1-4H3,(H,29,33)(H,30,32). The second kappa shape index (κ2) is 12.4. The molecule has 0 atom stereocenters. The van der Waals surface area contributed by atoms with E-state index in [9.17, 15) is 22.4 Å². The SMILES string of the molecule is COc1ccc(S(=O)(=O)N(CC(=O)Nc2ccccc2C(=O)NCC(C)C)c2ccc(F)cc2)cc1OC. The van der Waals surface area contributed by atoms with Gasteiger partial charge in [-0.1, -0.05) is 26.0 Å². The molecule has 0 aliphatic rings. The Kier molecular flexibility index (Phi) is 9.30. The Balaban J connectivity index is 1.94. The maximum absolute atomic E-state index is 13.7. The van der Waals surface area contributed by atoms with Crippen molar-refractivity contribution < 1.29 is 31.9 Å². The molecule has 0 aliphatic heterocycles. The van der Waals surface area contributed by atoms with Gasteiger partial charge in [-0.2, -0.15) is 0 Å². The van der Waals surface area contributed by atoms with Crippen molar-refractivity contribution in [2.45, 2.75) is 18.7 Å². The van der Waals surface area contributed by atoms with E-state index in [2.05, 4.69) is 10.6 Å². The quantitative estimate of drug-likeness (QED) is 0.377. The molecule has 0 aliphatic carbocycles. The van der Waals surface area contributed by atoms with Crippen LogP contribution < -0.4 is 24.4 Å². The first-order valence-corrected chi connectivity index (χ1v) is 13.2. The number of anilines is 2. The number of amides is 2. The fourth-order valence-electron chi connectivity index (χ4n) is 3.53. The number of methoxy groups -OCH3 is 2. The Bertz CT molecular complexity index is 1390. The molecule has 0 saturated carbocycles. The van der Waals surface area contributed by atoms with Crippen molar-refractivity contribution in [1.29, 1.82) is 0 Å². The predicted molar refractivity (Wildman–Crippen MR) is 143 cm³/mol. The summed E-state index contributed by atoms with van der Waals surface area (Å²) >= 11 is 0. The summed E-state index contributed by atoms with van der Waals surface area (Å²) in [6.07, 6.45) is 0. The van der Waals surface area contributed by atoms with Crippen molar-refractivity contribution in [2.24, 2.45) is 5.92 Å². The first-order chi connectivity index (χ1) is 18.1. The number of ether oxygens (including phenoxy) is 2. The number of benzene rings is 3. The van der Waals surface area contributed by atoms with Gasteiger partial charge in [0.1, 0.15) is 12.4 Å². The lowest BCUT2D eigenvalue weighted by atomic mass is 10.1. The number of halogens is 1. The molecule has 0 radical (unpaired) electrons. The Hall–Kier alpha value is -4.12. The van der Waals surface area contributed by atoms with Crippen LogP contribution in [-0.4, -0.2) is 47.5 Å². The van der Waals surface area contributed by atoms with Crippen molar-refractivity contribution >= 4 is 33.2 Å². The number of nitrogens with zero attached hydrogens (tertiary/aromatic N) is 1. The third-order valence-corrected chi connectivity index (χ3v) is 7.23. The zero-order chi connectivity index (χ0) is 27.9. The summed E-state index contributed by atoms with van der Waals surface area (Å²) in [5.74, 6) is -0.913. The van der Waals surface area contributed by atoms with Crippen LogP contribution in [0.15, 0.2) is 71.6 Å². The summed E-state index contributed by atoms with van der Waals surface area (Å²) in [5, 5.41) is 5.43. The molecule has 0 spiro atoms. The van der Waals surface area contributed by atoms with Crippen molar-refractivity contribution in [3.05, 3.63) is 78.1 Å². The summed E-state index contributed by atoms with van der Waals surface area (Å²) in [5.41, 5.74) is 0.526. The Morgan fingerprint density at radius 3 is 2.24 bits per heavy atom. The molecular formula is C27H30FN3O6S. The average Bonchev–Trinajstić information content (AvgIpc) is 2.90. The van der Waals surface area contributed by atoms with Crippen LogP contribution in [0.1, 0.15) is 24.2 Å². The number of hydrogen-bond donors (Lipinski definition) is 2. The molecule has 3 rings (SSSR count). The minimum atomic E-state index is -4.32. The van der Waals surface area contributed by atoms with Gasteiger partial charge >= 0.3 is 0 Å². The Morgan fingerprint density at radius 1 is 0.947 bits per heavy atom. The molecule has 0 heterocycles. The van der Waals surface area contributed by atoms with Crippen molar-refractivity contribution in [3.8, 4) is 11.5 Å². The van der Waals surface area contributed by atoms with Gasteiger partial charge < -0.3 is 20.1 Å². The smallest absolute Gasteiger partial charge is 0.264 e. The fourth-order valence-corrected chi connectivity index (χ4v) is 4.97. The van der Waals surface area contributed by atoms with E-state index in [1.54, 1.807) is 24.3 Å². The van der Waals surface area contributed by atoms with Gasteiger partial charge in [0.25, 0.3) is 15.9 Å². The molecular weight excluding hydrogens is 513 g/mol. The highest BCUT2D eigenvalue weighted by Crippen LogP contribution is 2.32. The molecule has 0 aromatic heterocycles. The molecule has 0 unspecified atom stereocenters. The van der Waals surface area contributed by atoms with Gasteiger partial charge in [0, 0.05) is 12.6 Å². The zero-order valence-corrected chi connectivity index (χ0v) is 22.3. The number of nitrogens with one attached hydrogen (secondary N) is 2. The normalized spacial score (nSPS) is 11.1. The van der Waals surface area contributed by atoms with Crippen LogP contribution in [0.3, 0.4) is 0 Å². The average molecular weight is 544 g/mol. The molecule has 11 heteroatoms. The van der Waals surface area contributed by atoms with Gasteiger partial charge in [-0.15, -0.1) is 0 Å². The third-order valence-electron chi connectivity index (χ3n) is 5.46. The third kappa shape index (κ3) is 6.80. The highest BCUT2D eigenvalue weighted by Gasteiger charge is 2.29. The summed E-state index contributed by atoms with van der Waals surface area (Å²) in [4.78, 5) is 25.6. The first kappa shape index (κ1) is 28.5. The lowest BCUT2D eigenvalue weighted by Crippen LogP contribution is -2.38. The van der Waals surface area contributed by atoms with E-state index in [1.807, 2.05) is 13.8 Å². The number of para-hydroxylation sites is 1. The summed E-state index contributed by atoms with van der Waals surface area (Å²) in [6.45, 7) is 3.71. The predicted octanol–water partition coefficient (Wildman–Crippen LogP) is 4.06. The fraction of sp³-hybridized carbons (Fsp3) is 0.259. The van der Waals surface area contributed by atoms with Crippen LogP contribution >= 0.6 is 0 Å². The molecule has 0 saturated heterocycles. The van der Waals surface area contributed by atoms with Gasteiger partial charge in [0.2, 0.25) is 5.91 Å². The van der Waals surface area contributed by atoms with Crippen LogP contribution in [0.2, 0.25) is 0 Å². The van der Waals surface area contributed by atoms with Gasteiger partial charge in [0.15, 0.2) is 11.5 Å². The van der Waals surface area contributed by atoms with Crippen molar-refractivity contribution in [1.82, 2.24) is 5.32 Å². The van der Waals surface area contributed by atoms with Gasteiger partial charge in [0.05, 0.1) is 36.1 Å². The largest absolute Gasteiger partial charge is 0.493 e. The van der Waals surface area contributed by atoms with Crippen LogP contribution in [0.5, 0.6) is 11.5 Å². The van der Waals surface area contributed by atoms with Crippen molar-refractivity contribution in [3.63, 3.8) is 0 Å². The highest BCUT2D eigenvalue weighted by atomic mass is 32.2. The monoisotopic (exact) mass is 543 g/mol. The minimum Gasteiger partial charge on any atom is -0.493 e. The van der Waals surface area contributed by atoms with Crippen molar-refractivity contribution in [2.75, 3.05) is 36.9 Å². The first-order valence-electron chi connectivity index (χ1n) is 11.7. The lowest BCUT2D eigenvalue weighted by Gasteiger charge is -2.24. The van der Waals surface area contributed by atoms with E-state index < -0.39 is 28.3 Å². The summed E-state index contributed by atoms with van der Waals surface area (Å²) < 4.78 is 52.3. The van der Waals surface area contributed by atoms with Gasteiger partial charge in [-0.3, -0.25) is 13.9 Å². The van der Waals surface area contributed by atoms with Crippen LogP contribution in [-0.2, 0) is 14.8 Å². The molecule has 3 aromatic rings. The number of hydrogen-bond acceptors (Lipinski definition) is 6. The molecule has 9 nitrogen and oxygen atoms in total. The number of sulfonamides is 1. The Morgan fingerprint density at radius 2 is 1.61 bits per heavy atom. The molecule has 0 bridgehead atoms. The highest BCUT2D eigenvalue weighted by molar-refractivity contribution is 7.92. The molecule has 0 fully saturated rings. The maximum atomic E-state index is 13.7. The molecule has 2 amide bonds. The van der Waals surface area contributed by atoms with Gasteiger partial charge in [-0.05, 0) is 54.4 Å². The molecule has 3 aromatic carbocycles. The van der Waals surface area contributed by atoms with E-state index in [1.165, 1.54) is 44.6 Å². The topological polar surface area (TPSA) is 114 Å². The van der Waals surface area contributed by atoms with Crippen LogP contribution in [0.4, 0.5) is 15.8 Å². The second-order valence-electron chi connectivity index (χ2n) is 8.70. The number of carbonyl (C=O) groups is 2. The minimum absolute atomic E-state index is 0.0688. The Labute approximate surface area is 221 Å². The van der Waals surface area contributed by atoms with E-state index >= 15 is 0 Å². The van der Waals surface area contributed by atoms with Crippen LogP contribution in [0, 0.1) is 11.7 Å². The molecule has 2 N–H and O–H groups in total. The van der Waals surface area contributed by atoms with E-state index in [4.69, 9.17) is 9.47 Å². The summed E-state index contributed by atoms with van der Waals surface area (Å²) in [6, 6.07) is 15.1. The zero-order valence-electron chi connectivity index (χ0n) is 21.5. The number of carbonyl (C=O) groups excluding carboxylic acids is 2. The molecule has 38 heavy (non-hydrogen) atoms.